The van der Waals surface area contributed by atoms with Gasteiger partial charge in [-0.3, -0.25) is 4.90 Å². The fraction of sp³-hybridized carbons (Fsp3) is 1.00. The highest BCUT2D eigenvalue weighted by atomic mass is 16.3. The molecule has 0 saturated heterocycles. The van der Waals surface area contributed by atoms with E-state index in [-0.39, 0.29) is 6.10 Å². The molecule has 2 unspecified atom stereocenters. The molecule has 0 spiro atoms. The lowest BCUT2D eigenvalue weighted by atomic mass is 9.93. The molecule has 2 atom stereocenters. The summed E-state index contributed by atoms with van der Waals surface area (Å²) in [6.45, 7) is 7.31. The van der Waals surface area contributed by atoms with Gasteiger partial charge < -0.3 is 5.11 Å². The summed E-state index contributed by atoms with van der Waals surface area (Å²) in [4.78, 5) is 2.48. The Kier molecular flexibility index (Phi) is 4.90. The van der Waals surface area contributed by atoms with E-state index in [0.717, 1.165) is 12.6 Å². The molecule has 84 valence electrons. The Morgan fingerprint density at radius 3 is 2.21 bits per heavy atom. The van der Waals surface area contributed by atoms with Crippen molar-refractivity contribution in [3.8, 4) is 0 Å². The van der Waals surface area contributed by atoms with Crippen LogP contribution in [0, 0.1) is 0 Å². The molecule has 0 amide bonds. The summed E-state index contributed by atoms with van der Waals surface area (Å²) in [6, 6.07) is 1.03. The topological polar surface area (TPSA) is 23.5 Å². The van der Waals surface area contributed by atoms with Gasteiger partial charge in [0.25, 0.3) is 0 Å². The minimum Gasteiger partial charge on any atom is -0.392 e. The summed E-state index contributed by atoms with van der Waals surface area (Å²) in [6.07, 6.45) is 6.57. The molecule has 0 aliphatic heterocycles. The van der Waals surface area contributed by atoms with E-state index in [1.165, 1.54) is 32.1 Å². The van der Waals surface area contributed by atoms with Crippen LogP contribution in [0.5, 0.6) is 0 Å². The molecule has 14 heavy (non-hydrogen) atoms. The largest absolute Gasteiger partial charge is 0.392 e. The maximum absolute atomic E-state index is 9.61. The highest BCUT2D eigenvalue weighted by Crippen LogP contribution is 2.24. The van der Waals surface area contributed by atoms with Gasteiger partial charge in [-0.25, -0.2) is 0 Å². The van der Waals surface area contributed by atoms with Crippen LogP contribution in [-0.2, 0) is 0 Å². The number of nitrogens with zero attached hydrogens (tertiary/aromatic N) is 1. The summed E-state index contributed by atoms with van der Waals surface area (Å²) in [5, 5.41) is 9.61. The number of rotatable bonds is 4. The lowest BCUT2D eigenvalue weighted by Crippen LogP contribution is -2.47. The summed E-state index contributed by atoms with van der Waals surface area (Å²) in [5.41, 5.74) is 0. The van der Waals surface area contributed by atoms with Gasteiger partial charge in [-0.15, -0.1) is 0 Å². The van der Waals surface area contributed by atoms with E-state index in [1.54, 1.807) is 0 Å². The molecule has 1 N–H and O–H groups in total. The van der Waals surface area contributed by atoms with Gasteiger partial charge in [0.2, 0.25) is 0 Å². The van der Waals surface area contributed by atoms with E-state index in [0.29, 0.717) is 6.04 Å². The highest BCUT2D eigenvalue weighted by molar-refractivity contribution is 4.81. The van der Waals surface area contributed by atoms with Crippen LogP contribution in [0.15, 0.2) is 0 Å². The van der Waals surface area contributed by atoms with Gasteiger partial charge in [-0.2, -0.15) is 0 Å². The molecule has 1 aliphatic rings. The van der Waals surface area contributed by atoms with Gasteiger partial charge in [0, 0.05) is 12.1 Å². The fourth-order valence-corrected chi connectivity index (χ4v) is 2.57. The Morgan fingerprint density at radius 1 is 1.21 bits per heavy atom. The Hall–Kier alpha value is -0.0800. The Bertz CT molecular complexity index is 152. The van der Waals surface area contributed by atoms with Crippen LogP contribution in [0.1, 0.15) is 52.9 Å². The summed E-state index contributed by atoms with van der Waals surface area (Å²) in [7, 11) is 0. The average Bonchev–Trinajstić information content (AvgIpc) is 2.20. The molecule has 2 nitrogen and oxygen atoms in total. The zero-order chi connectivity index (χ0) is 10.6. The van der Waals surface area contributed by atoms with Crippen molar-refractivity contribution in [1.82, 2.24) is 4.90 Å². The molecule has 0 radical (unpaired) electrons. The van der Waals surface area contributed by atoms with Gasteiger partial charge >= 0.3 is 0 Å². The van der Waals surface area contributed by atoms with Crippen LogP contribution in [0.25, 0.3) is 0 Å². The average molecular weight is 199 g/mol. The third-order valence-corrected chi connectivity index (χ3v) is 3.63. The Balaban J connectivity index is 2.50. The second kappa shape index (κ2) is 5.72. The lowest BCUT2D eigenvalue weighted by molar-refractivity contribution is 0.0347. The van der Waals surface area contributed by atoms with Crippen LogP contribution < -0.4 is 0 Å². The predicted octanol–water partition coefficient (Wildman–Crippen LogP) is 2.41. The molecular formula is C12H25NO. The highest BCUT2D eigenvalue weighted by Gasteiger charge is 2.25. The van der Waals surface area contributed by atoms with Crippen molar-refractivity contribution >= 4 is 0 Å². The third kappa shape index (κ3) is 2.96. The first-order valence-corrected chi connectivity index (χ1v) is 6.10. The van der Waals surface area contributed by atoms with Crippen molar-refractivity contribution in [3.05, 3.63) is 0 Å². The van der Waals surface area contributed by atoms with Gasteiger partial charge in [0.05, 0.1) is 6.10 Å². The Labute approximate surface area is 88.3 Å². The summed E-state index contributed by atoms with van der Waals surface area (Å²) in [5.74, 6) is 0. The van der Waals surface area contributed by atoms with Crippen molar-refractivity contribution in [2.24, 2.45) is 0 Å². The van der Waals surface area contributed by atoms with Gasteiger partial charge in [-0.05, 0) is 33.2 Å². The van der Waals surface area contributed by atoms with Crippen molar-refractivity contribution in [2.45, 2.75) is 71.1 Å². The van der Waals surface area contributed by atoms with Crippen molar-refractivity contribution in [3.63, 3.8) is 0 Å². The first-order chi connectivity index (χ1) is 6.66. The number of aliphatic hydroxyl groups is 1. The minimum atomic E-state index is -0.211. The second-order valence-corrected chi connectivity index (χ2v) is 4.60. The van der Waals surface area contributed by atoms with Gasteiger partial charge in [0.15, 0.2) is 0 Å². The number of hydrogen-bond acceptors (Lipinski definition) is 2. The van der Waals surface area contributed by atoms with Crippen LogP contribution in [-0.4, -0.2) is 34.7 Å². The number of likely N-dealkylation sites (N-methyl/N-ethyl adjacent to an activating group) is 1. The second-order valence-electron chi connectivity index (χ2n) is 4.60. The van der Waals surface area contributed by atoms with Crippen molar-refractivity contribution in [1.29, 1.82) is 0 Å². The maximum atomic E-state index is 9.61. The predicted molar refractivity (Wildman–Crippen MR) is 60.4 cm³/mol. The SMILES string of the molecule is CCN(C1CCCCC1)C(C)C(C)O. The molecule has 1 aliphatic carbocycles. The van der Waals surface area contributed by atoms with Crippen LogP contribution >= 0.6 is 0 Å². The van der Waals surface area contributed by atoms with E-state index >= 15 is 0 Å². The standard InChI is InChI=1S/C12H25NO/c1-4-13(10(2)11(3)14)12-8-6-5-7-9-12/h10-12,14H,4-9H2,1-3H3. The molecule has 0 aromatic carbocycles. The van der Waals surface area contributed by atoms with Crippen LogP contribution in [0.2, 0.25) is 0 Å². The summed E-state index contributed by atoms with van der Waals surface area (Å²) >= 11 is 0. The van der Waals surface area contributed by atoms with Crippen LogP contribution in [0.4, 0.5) is 0 Å². The molecule has 0 bridgehead atoms. The fourth-order valence-electron chi connectivity index (χ4n) is 2.57. The zero-order valence-electron chi connectivity index (χ0n) is 9.87. The van der Waals surface area contributed by atoms with E-state index < -0.39 is 0 Å². The first kappa shape index (κ1) is 12.0. The van der Waals surface area contributed by atoms with E-state index in [4.69, 9.17) is 0 Å². The smallest absolute Gasteiger partial charge is 0.0664 e. The minimum absolute atomic E-state index is 0.211. The third-order valence-electron chi connectivity index (χ3n) is 3.63. The monoisotopic (exact) mass is 199 g/mol. The molecule has 1 fully saturated rings. The van der Waals surface area contributed by atoms with Crippen molar-refractivity contribution in [2.75, 3.05) is 6.54 Å². The molecule has 0 aromatic rings. The maximum Gasteiger partial charge on any atom is 0.0664 e. The molecule has 1 saturated carbocycles. The summed E-state index contributed by atoms with van der Waals surface area (Å²) < 4.78 is 0. The number of aliphatic hydroxyl groups excluding tert-OH is 1. The van der Waals surface area contributed by atoms with E-state index in [1.807, 2.05) is 6.92 Å². The van der Waals surface area contributed by atoms with E-state index in [2.05, 4.69) is 18.7 Å². The zero-order valence-corrected chi connectivity index (χ0v) is 9.87. The molecule has 0 heterocycles. The molecule has 0 aromatic heterocycles. The lowest BCUT2D eigenvalue weighted by Gasteiger charge is -2.39. The van der Waals surface area contributed by atoms with Gasteiger partial charge in [-0.1, -0.05) is 26.2 Å². The van der Waals surface area contributed by atoms with Gasteiger partial charge in [0.1, 0.15) is 0 Å². The molecule has 1 rings (SSSR count). The molecule has 2 heteroatoms. The quantitative estimate of drug-likeness (QED) is 0.751. The van der Waals surface area contributed by atoms with E-state index in [9.17, 15) is 5.11 Å². The normalized spacial score (nSPS) is 23.8. The first-order valence-electron chi connectivity index (χ1n) is 6.10. The van der Waals surface area contributed by atoms with Crippen LogP contribution in [0.3, 0.4) is 0 Å². The molecular weight excluding hydrogens is 174 g/mol. The Morgan fingerprint density at radius 2 is 1.79 bits per heavy atom. The van der Waals surface area contributed by atoms with Crippen molar-refractivity contribution < 1.29 is 5.11 Å². The number of hydrogen-bond donors (Lipinski definition) is 1.